The number of nitrogens with zero attached hydrogens (tertiary/aromatic N) is 1. The van der Waals surface area contributed by atoms with Crippen LogP contribution in [-0.4, -0.2) is 9.78 Å². The van der Waals surface area contributed by atoms with Gasteiger partial charge in [-0.3, -0.25) is 14.6 Å². The zero-order valence-corrected chi connectivity index (χ0v) is 9.93. The van der Waals surface area contributed by atoms with Crippen LogP contribution in [0.15, 0.2) is 9.27 Å². The first-order valence-electron chi connectivity index (χ1n) is 5.22. The summed E-state index contributed by atoms with van der Waals surface area (Å²) < 4.78 is 2.41. The fourth-order valence-electron chi connectivity index (χ4n) is 2.19. The molecule has 1 aromatic rings. The fourth-order valence-corrected chi connectivity index (χ4v) is 2.81. The van der Waals surface area contributed by atoms with Gasteiger partial charge in [0.05, 0.1) is 5.69 Å². The van der Waals surface area contributed by atoms with E-state index in [1.165, 1.54) is 25.7 Å². The second kappa shape index (κ2) is 3.93. The molecular formula is C10H15BrN2O. The molecule has 0 radical (unpaired) electrons. The zero-order chi connectivity index (χ0) is 10.1. The average molecular weight is 259 g/mol. The summed E-state index contributed by atoms with van der Waals surface area (Å²) >= 11 is 3.39. The second-order valence-corrected chi connectivity index (χ2v) is 4.66. The smallest absolute Gasteiger partial charge is 0.281 e. The quantitative estimate of drug-likeness (QED) is 0.871. The second-order valence-electron chi connectivity index (χ2n) is 3.87. The van der Waals surface area contributed by atoms with E-state index >= 15 is 0 Å². The molecule has 4 heteroatoms. The number of nitrogens with one attached hydrogen (secondary N) is 1. The number of rotatable bonds is 2. The van der Waals surface area contributed by atoms with E-state index in [0.717, 1.165) is 10.2 Å². The molecule has 0 saturated heterocycles. The molecule has 78 valence electrons. The van der Waals surface area contributed by atoms with Gasteiger partial charge >= 0.3 is 0 Å². The Morgan fingerprint density at radius 2 is 2.14 bits per heavy atom. The molecule has 1 aliphatic carbocycles. The molecule has 1 aliphatic rings. The molecule has 3 nitrogen and oxygen atoms in total. The van der Waals surface area contributed by atoms with Crippen molar-refractivity contribution in [3.8, 4) is 0 Å². The minimum Gasteiger partial charge on any atom is -0.298 e. The van der Waals surface area contributed by atoms with E-state index in [1.54, 1.807) is 4.68 Å². The number of aromatic amines is 1. The van der Waals surface area contributed by atoms with Gasteiger partial charge in [0.2, 0.25) is 0 Å². The van der Waals surface area contributed by atoms with E-state index in [4.69, 9.17) is 0 Å². The van der Waals surface area contributed by atoms with Crippen LogP contribution in [0, 0.1) is 0 Å². The summed E-state index contributed by atoms with van der Waals surface area (Å²) in [5, 5.41) is 3.20. The zero-order valence-electron chi connectivity index (χ0n) is 8.35. The molecule has 1 fully saturated rings. The van der Waals surface area contributed by atoms with Gasteiger partial charge in [-0.05, 0) is 35.7 Å². The summed E-state index contributed by atoms with van der Waals surface area (Å²) in [4.78, 5) is 11.7. The first-order chi connectivity index (χ1) is 6.74. The normalized spacial score (nSPS) is 17.9. The molecule has 0 unspecified atom stereocenters. The Bertz CT molecular complexity index is 374. The van der Waals surface area contributed by atoms with Crippen LogP contribution < -0.4 is 5.56 Å². The van der Waals surface area contributed by atoms with Gasteiger partial charge in [-0.25, -0.2) is 0 Å². The number of aromatic nitrogens is 2. The molecule has 0 spiro atoms. The van der Waals surface area contributed by atoms with Crippen LogP contribution in [0.3, 0.4) is 0 Å². The minimum atomic E-state index is 0.0781. The van der Waals surface area contributed by atoms with Gasteiger partial charge in [0.1, 0.15) is 4.47 Å². The van der Waals surface area contributed by atoms with Gasteiger partial charge in [0.25, 0.3) is 5.56 Å². The van der Waals surface area contributed by atoms with Crippen molar-refractivity contribution in [1.29, 1.82) is 0 Å². The number of hydrogen-bond donors (Lipinski definition) is 1. The number of hydrogen-bond acceptors (Lipinski definition) is 1. The van der Waals surface area contributed by atoms with Gasteiger partial charge < -0.3 is 0 Å². The van der Waals surface area contributed by atoms with E-state index in [0.29, 0.717) is 12.5 Å². The van der Waals surface area contributed by atoms with Crippen molar-refractivity contribution in [1.82, 2.24) is 9.78 Å². The molecule has 1 N–H and O–H groups in total. The molecule has 2 rings (SSSR count). The van der Waals surface area contributed by atoms with Crippen molar-refractivity contribution < 1.29 is 0 Å². The maximum Gasteiger partial charge on any atom is 0.281 e. The number of H-pyrrole nitrogens is 1. The Morgan fingerprint density at radius 1 is 1.50 bits per heavy atom. The topological polar surface area (TPSA) is 37.8 Å². The molecule has 0 amide bonds. The van der Waals surface area contributed by atoms with E-state index < -0.39 is 0 Å². The highest BCUT2D eigenvalue weighted by Gasteiger charge is 2.23. The first kappa shape index (κ1) is 10.0. The minimum absolute atomic E-state index is 0.0781. The summed E-state index contributed by atoms with van der Waals surface area (Å²) in [6, 6.07) is 0. The predicted octanol–water partition coefficient (Wildman–Crippen LogP) is 2.62. The van der Waals surface area contributed by atoms with Gasteiger partial charge in [-0.2, -0.15) is 0 Å². The molecule has 1 aromatic heterocycles. The third-order valence-corrected chi connectivity index (χ3v) is 3.77. The lowest BCUT2D eigenvalue weighted by Crippen LogP contribution is -2.15. The van der Waals surface area contributed by atoms with E-state index in [-0.39, 0.29) is 5.56 Å². The summed E-state index contributed by atoms with van der Waals surface area (Å²) in [5.41, 5.74) is 1.18. The SMILES string of the molecule is CCn1[nH]c(C2CCCC2)c(Br)c1=O. The van der Waals surface area contributed by atoms with Crippen molar-refractivity contribution in [3.05, 3.63) is 20.5 Å². The average Bonchev–Trinajstić information content (AvgIpc) is 2.78. The van der Waals surface area contributed by atoms with Crippen molar-refractivity contribution in [3.63, 3.8) is 0 Å². The van der Waals surface area contributed by atoms with Crippen LogP contribution in [0.1, 0.15) is 44.2 Å². The van der Waals surface area contributed by atoms with Crippen molar-refractivity contribution >= 4 is 15.9 Å². The predicted molar refractivity (Wildman–Crippen MR) is 59.6 cm³/mol. The summed E-state index contributed by atoms with van der Waals surface area (Å²) in [7, 11) is 0. The monoisotopic (exact) mass is 258 g/mol. The van der Waals surface area contributed by atoms with E-state index in [9.17, 15) is 4.79 Å². The van der Waals surface area contributed by atoms with Crippen LogP contribution in [-0.2, 0) is 6.54 Å². The summed E-state index contributed by atoms with van der Waals surface area (Å²) in [6.07, 6.45) is 5.00. The Kier molecular flexibility index (Phi) is 2.81. The Hall–Kier alpha value is -0.510. The van der Waals surface area contributed by atoms with E-state index in [2.05, 4.69) is 21.0 Å². The first-order valence-corrected chi connectivity index (χ1v) is 6.01. The summed E-state index contributed by atoms with van der Waals surface area (Å²) in [6.45, 7) is 2.69. The lowest BCUT2D eigenvalue weighted by atomic mass is 10.1. The molecular weight excluding hydrogens is 244 g/mol. The lowest BCUT2D eigenvalue weighted by molar-refractivity contribution is 0.602. The van der Waals surface area contributed by atoms with Gasteiger partial charge in [0.15, 0.2) is 0 Å². The molecule has 1 heterocycles. The molecule has 0 aromatic carbocycles. The highest BCUT2D eigenvalue weighted by Crippen LogP contribution is 2.35. The number of aryl methyl sites for hydroxylation is 1. The van der Waals surface area contributed by atoms with Gasteiger partial charge in [-0.15, -0.1) is 0 Å². The molecule has 0 bridgehead atoms. The van der Waals surface area contributed by atoms with Crippen LogP contribution >= 0.6 is 15.9 Å². The van der Waals surface area contributed by atoms with Crippen LogP contribution in [0.4, 0.5) is 0 Å². The van der Waals surface area contributed by atoms with Crippen molar-refractivity contribution in [2.45, 2.75) is 45.1 Å². The maximum absolute atomic E-state index is 11.7. The third kappa shape index (κ3) is 1.56. The standard InChI is InChI=1S/C10H15BrN2O/c1-2-13-10(14)8(11)9(12-13)7-5-3-4-6-7/h7,12H,2-6H2,1H3. The molecule has 1 saturated carbocycles. The molecule has 0 atom stereocenters. The Balaban J connectivity index is 2.38. The molecule has 14 heavy (non-hydrogen) atoms. The Morgan fingerprint density at radius 3 is 2.64 bits per heavy atom. The van der Waals surface area contributed by atoms with Crippen LogP contribution in [0.2, 0.25) is 0 Å². The highest BCUT2D eigenvalue weighted by molar-refractivity contribution is 9.10. The van der Waals surface area contributed by atoms with Crippen LogP contribution in [0.5, 0.6) is 0 Å². The lowest BCUT2D eigenvalue weighted by Gasteiger charge is -2.06. The van der Waals surface area contributed by atoms with Crippen LogP contribution in [0.25, 0.3) is 0 Å². The van der Waals surface area contributed by atoms with Gasteiger partial charge in [-0.1, -0.05) is 12.8 Å². The third-order valence-electron chi connectivity index (χ3n) is 3.00. The fraction of sp³-hybridized carbons (Fsp3) is 0.700. The van der Waals surface area contributed by atoms with Crippen molar-refractivity contribution in [2.75, 3.05) is 0 Å². The van der Waals surface area contributed by atoms with E-state index in [1.807, 2.05) is 6.92 Å². The Labute approximate surface area is 91.6 Å². The number of halogens is 1. The molecule has 0 aliphatic heterocycles. The summed E-state index contributed by atoms with van der Waals surface area (Å²) in [5.74, 6) is 0.560. The van der Waals surface area contributed by atoms with Gasteiger partial charge in [0, 0.05) is 12.5 Å². The highest BCUT2D eigenvalue weighted by atomic mass is 79.9. The maximum atomic E-state index is 11.7. The van der Waals surface area contributed by atoms with Crippen molar-refractivity contribution in [2.24, 2.45) is 0 Å². The largest absolute Gasteiger partial charge is 0.298 e.